The van der Waals surface area contributed by atoms with Crippen LogP contribution in [0.15, 0.2) is 16.6 Å². The molecule has 66 valence electrons. The molecule has 0 bridgehead atoms. The molecule has 0 fully saturated rings. The molecule has 1 aromatic rings. The van der Waals surface area contributed by atoms with E-state index >= 15 is 0 Å². The van der Waals surface area contributed by atoms with Gasteiger partial charge in [0, 0.05) is 0 Å². The molecule has 6 heteroatoms. The Morgan fingerprint density at radius 2 is 2.23 bits per heavy atom. The van der Waals surface area contributed by atoms with E-state index in [1.807, 2.05) is 0 Å². The van der Waals surface area contributed by atoms with Gasteiger partial charge in [-0.05, 0) is 28.1 Å². The number of hydrogen-bond acceptors (Lipinski definition) is 4. The summed E-state index contributed by atoms with van der Waals surface area (Å²) in [5.74, 6) is -0.259. The molecular weight excluding hydrogens is 240 g/mol. The van der Waals surface area contributed by atoms with Gasteiger partial charge in [-0.1, -0.05) is 0 Å². The van der Waals surface area contributed by atoms with Gasteiger partial charge in [-0.15, -0.1) is 0 Å². The highest BCUT2D eigenvalue weighted by atomic mass is 79.9. The van der Waals surface area contributed by atoms with Crippen LogP contribution in [0.2, 0.25) is 0 Å². The molecule has 1 aromatic carbocycles. The zero-order valence-corrected chi connectivity index (χ0v) is 7.78. The Morgan fingerprint density at radius 3 is 2.69 bits per heavy atom. The lowest BCUT2D eigenvalue weighted by Gasteiger charge is -1.99. The molecule has 0 atom stereocenters. The van der Waals surface area contributed by atoms with Gasteiger partial charge in [0.15, 0.2) is 0 Å². The second kappa shape index (κ2) is 3.41. The normalized spacial score (nSPS) is 9.23. The Kier molecular flexibility index (Phi) is 2.49. The predicted octanol–water partition coefficient (Wildman–Crippen LogP) is 1.93. The summed E-state index contributed by atoms with van der Waals surface area (Å²) in [5.41, 5.74) is -0.503. The fourth-order valence-electron chi connectivity index (χ4n) is 0.823. The van der Waals surface area contributed by atoms with Crippen LogP contribution >= 0.6 is 15.9 Å². The third-order valence-corrected chi connectivity index (χ3v) is 2.18. The highest BCUT2D eigenvalue weighted by Crippen LogP contribution is 2.35. The first kappa shape index (κ1) is 9.48. The summed E-state index contributed by atoms with van der Waals surface area (Å²) in [5, 5.41) is 28.1. The van der Waals surface area contributed by atoms with E-state index in [4.69, 9.17) is 10.4 Å². The zero-order chi connectivity index (χ0) is 10.0. The van der Waals surface area contributed by atoms with E-state index in [9.17, 15) is 10.1 Å². The number of phenolic OH excluding ortho intramolecular Hbond substituents is 1. The molecule has 0 aliphatic carbocycles. The number of nitro groups is 1. The summed E-state index contributed by atoms with van der Waals surface area (Å²) in [4.78, 5) is 9.75. The van der Waals surface area contributed by atoms with Gasteiger partial charge in [0.1, 0.15) is 21.9 Å². The maximum absolute atomic E-state index is 10.5. The quantitative estimate of drug-likeness (QED) is 0.602. The van der Waals surface area contributed by atoms with Crippen molar-refractivity contribution < 1.29 is 10.0 Å². The van der Waals surface area contributed by atoms with Gasteiger partial charge >= 0.3 is 5.69 Å². The van der Waals surface area contributed by atoms with Crippen molar-refractivity contribution in [2.75, 3.05) is 0 Å². The van der Waals surface area contributed by atoms with Gasteiger partial charge in [0.05, 0.1) is 4.92 Å². The van der Waals surface area contributed by atoms with Crippen LogP contribution in [0.1, 0.15) is 5.56 Å². The number of aromatic hydroxyl groups is 1. The van der Waals surface area contributed by atoms with Crippen molar-refractivity contribution >= 4 is 21.6 Å². The summed E-state index contributed by atoms with van der Waals surface area (Å²) in [6.45, 7) is 0. The topological polar surface area (TPSA) is 87.2 Å². The van der Waals surface area contributed by atoms with E-state index in [0.29, 0.717) is 0 Å². The minimum atomic E-state index is -0.720. The molecule has 0 heterocycles. The molecular formula is C7H3BrN2O3. The molecule has 0 aliphatic heterocycles. The lowest BCUT2D eigenvalue weighted by atomic mass is 10.2. The maximum atomic E-state index is 10.5. The molecule has 0 spiro atoms. The van der Waals surface area contributed by atoms with Crippen LogP contribution in [-0.4, -0.2) is 10.0 Å². The smallest absolute Gasteiger partial charge is 0.304 e. The summed E-state index contributed by atoms with van der Waals surface area (Å²) < 4.78 is -0.0726. The van der Waals surface area contributed by atoms with Crippen molar-refractivity contribution in [2.45, 2.75) is 0 Å². The van der Waals surface area contributed by atoms with E-state index in [1.54, 1.807) is 6.07 Å². The van der Waals surface area contributed by atoms with Crippen LogP contribution in [-0.2, 0) is 0 Å². The number of nitriles is 1. The van der Waals surface area contributed by atoms with Crippen molar-refractivity contribution in [2.24, 2.45) is 0 Å². The highest BCUT2D eigenvalue weighted by molar-refractivity contribution is 9.10. The second-order valence-corrected chi connectivity index (χ2v) is 2.96. The van der Waals surface area contributed by atoms with Gasteiger partial charge in [-0.3, -0.25) is 10.1 Å². The standard InChI is InChI=1S/C7H3BrN2O3/c8-6-5(11)2-1-4(3-9)7(6)10(12)13/h1-2,11H. The van der Waals surface area contributed by atoms with E-state index in [-0.39, 0.29) is 15.8 Å². The number of nitrogens with zero attached hydrogens (tertiary/aromatic N) is 2. The predicted molar refractivity (Wildman–Crippen MR) is 47.2 cm³/mol. The SMILES string of the molecule is N#Cc1ccc(O)c(Br)c1[N+](=O)[O-]. The third kappa shape index (κ3) is 1.60. The first-order valence-electron chi connectivity index (χ1n) is 3.14. The molecule has 0 amide bonds. The number of phenols is 1. The van der Waals surface area contributed by atoms with Crippen LogP contribution in [0.4, 0.5) is 5.69 Å². The molecule has 1 rings (SSSR count). The Balaban J connectivity index is 3.53. The Bertz CT molecular complexity index is 411. The van der Waals surface area contributed by atoms with Crippen molar-refractivity contribution in [3.63, 3.8) is 0 Å². The summed E-state index contributed by atoms with van der Waals surface area (Å²) in [7, 11) is 0. The number of hydrogen-bond donors (Lipinski definition) is 1. The number of halogens is 1. The van der Waals surface area contributed by atoms with Crippen molar-refractivity contribution in [3.8, 4) is 11.8 Å². The first-order valence-corrected chi connectivity index (χ1v) is 3.93. The molecule has 0 aromatic heterocycles. The minimum absolute atomic E-state index is 0.0726. The average Bonchev–Trinajstić information content (AvgIpc) is 2.08. The third-order valence-electron chi connectivity index (χ3n) is 1.40. The maximum Gasteiger partial charge on any atom is 0.304 e. The van der Waals surface area contributed by atoms with E-state index in [1.165, 1.54) is 12.1 Å². The van der Waals surface area contributed by atoms with Crippen LogP contribution in [0.25, 0.3) is 0 Å². The van der Waals surface area contributed by atoms with Crippen LogP contribution in [0.5, 0.6) is 5.75 Å². The van der Waals surface area contributed by atoms with Crippen molar-refractivity contribution in [3.05, 3.63) is 32.3 Å². The zero-order valence-electron chi connectivity index (χ0n) is 6.19. The van der Waals surface area contributed by atoms with Gasteiger partial charge in [0.25, 0.3) is 0 Å². The Labute approximate surface area is 81.5 Å². The van der Waals surface area contributed by atoms with Gasteiger partial charge in [0.2, 0.25) is 0 Å². The molecule has 0 unspecified atom stereocenters. The Hall–Kier alpha value is -1.61. The highest BCUT2D eigenvalue weighted by Gasteiger charge is 2.20. The lowest BCUT2D eigenvalue weighted by Crippen LogP contribution is -1.93. The number of rotatable bonds is 1. The largest absolute Gasteiger partial charge is 0.507 e. The average molecular weight is 243 g/mol. The van der Waals surface area contributed by atoms with Crippen LogP contribution in [0.3, 0.4) is 0 Å². The molecule has 0 saturated carbocycles. The first-order chi connectivity index (χ1) is 6.07. The molecule has 5 nitrogen and oxygen atoms in total. The number of benzene rings is 1. The lowest BCUT2D eigenvalue weighted by molar-refractivity contribution is -0.386. The van der Waals surface area contributed by atoms with Crippen molar-refractivity contribution in [1.29, 1.82) is 5.26 Å². The molecule has 0 saturated heterocycles. The monoisotopic (exact) mass is 242 g/mol. The molecule has 13 heavy (non-hydrogen) atoms. The van der Waals surface area contributed by atoms with Gasteiger partial charge in [-0.25, -0.2) is 0 Å². The van der Waals surface area contributed by atoms with Crippen LogP contribution in [0, 0.1) is 21.4 Å². The fraction of sp³-hybridized carbons (Fsp3) is 0. The Morgan fingerprint density at radius 1 is 1.62 bits per heavy atom. The van der Waals surface area contributed by atoms with E-state index in [0.717, 1.165) is 0 Å². The fourth-order valence-corrected chi connectivity index (χ4v) is 1.31. The van der Waals surface area contributed by atoms with Gasteiger partial charge < -0.3 is 5.11 Å². The molecule has 0 aliphatic rings. The summed E-state index contributed by atoms with van der Waals surface area (Å²) >= 11 is 2.83. The van der Waals surface area contributed by atoms with Gasteiger partial charge in [-0.2, -0.15) is 5.26 Å². The number of nitro benzene ring substituents is 1. The minimum Gasteiger partial charge on any atom is -0.507 e. The van der Waals surface area contributed by atoms with E-state index in [2.05, 4.69) is 15.9 Å². The van der Waals surface area contributed by atoms with Crippen LogP contribution < -0.4 is 0 Å². The summed E-state index contributed by atoms with van der Waals surface area (Å²) in [6, 6.07) is 4.07. The molecule has 0 radical (unpaired) electrons. The second-order valence-electron chi connectivity index (χ2n) is 2.16. The summed E-state index contributed by atoms with van der Waals surface area (Å²) in [6.07, 6.45) is 0. The van der Waals surface area contributed by atoms with E-state index < -0.39 is 10.6 Å². The molecule has 1 N–H and O–H groups in total. The van der Waals surface area contributed by atoms with Crippen molar-refractivity contribution in [1.82, 2.24) is 0 Å².